The van der Waals surface area contributed by atoms with Crippen LogP contribution in [0.25, 0.3) is 0 Å². The van der Waals surface area contributed by atoms with Crippen LogP contribution in [0.3, 0.4) is 0 Å². The molecule has 0 aliphatic rings. The summed E-state index contributed by atoms with van der Waals surface area (Å²) in [6.07, 6.45) is -0.950. The molecule has 2 aromatic carbocycles. The Morgan fingerprint density at radius 1 is 0.962 bits per heavy atom. The molecule has 3 nitrogen and oxygen atoms in total. The number of carbonyl (C=O) groups excluding carboxylic acids is 1. The fourth-order valence-corrected chi connectivity index (χ4v) is 3.59. The Hall–Kier alpha value is -2.13. The molecule has 0 spiro atoms. The third-order valence-corrected chi connectivity index (χ3v) is 4.87. The first-order chi connectivity index (χ1) is 12.3. The lowest BCUT2D eigenvalue weighted by atomic mass is 9.81. The van der Waals surface area contributed by atoms with E-state index in [1.807, 2.05) is 37.3 Å². The monoisotopic (exact) mass is 354 g/mol. The van der Waals surface area contributed by atoms with Crippen LogP contribution in [-0.4, -0.2) is 19.2 Å². The molecule has 2 aromatic rings. The van der Waals surface area contributed by atoms with E-state index in [0.717, 1.165) is 5.56 Å². The number of benzene rings is 2. The van der Waals surface area contributed by atoms with E-state index in [1.54, 1.807) is 0 Å². The van der Waals surface area contributed by atoms with Crippen molar-refractivity contribution in [3.8, 4) is 0 Å². The second-order valence-corrected chi connectivity index (χ2v) is 7.30. The zero-order valence-electron chi connectivity index (χ0n) is 16.7. The molecule has 0 saturated carbocycles. The average molecular weight is 354 g/mol. The van der Waals surface area contributed by atoms with Gasteiger partial charge in [-0.15, -0.1) is 0 Å². The van der Waals surface area contributed by atoms with Gasteiger partial charge in [0.2, 0.25) is 0 Å². The van der Waals surface area contributed by atoms with Gasteiger partial charge in [-0.3, -0.25) is 0 Å². The highest BCUT2D eigenvalue weighted by molar-refractivity contribution is 5.76. The van der Waals surface area contributed by atoms with Crippen molar-refractivity contribution in [3.05, 3.63) is 70.8 Å². The predicted molar refractivity (Wildman–Crippen MR) is 105 cm³/mol. The molecule has 0 heterocycles. The first-order valence-corrected chi connectivity index (χ1v) is 9.20. The van der Waals surface area contributed by atoms with Crippen molar-refractivity contribution in [1.82, 2.24) is 0 Å². The number of methoxy groups -OCH3 is 1. The van der Waals surface area contributed by atoms with E-state index in [9.17, 15) is 4.79 Å². The molecule has 0 N–H and O–H groups in total. The highest BCUT2D eigenvalue weighted by atomic mass is 16.6. The molecule has 2 rings (SSSR count). The van der Waals surface area contributed by atoms with Crippen LogP contribution in [-0.2, 0) is 14.3 Å². The smallest absolute Gasteiger partial charge is 0.340 e. The molecule has 0 aromatic heterocycles. The maximum atomic E-state index is 12.7. The van der Waals surface area contributed by atoms with Crippen LogP contribution in [0.15, 0.2) is 48.5 Å². The number of hydrogen-bond donors (Lipinski definition) is 0. The Labute approximate surface area is 157 Å². The third kappa shape index (κ3) is 4.73. The van der Waals surface area contributed by atoms with Gasteiger partial charge in [-0.05, 0) is 43.4 Å². The molecule has 0 fully saturated rings. The number of carbonyl (C=O) groups is 1. The van der Waals surface area contributed by atoms with Crippen molar-refractivity contribution in [3.63, 3.8) is 0 Å². The second-order valence-electron chi connectivity index (χ2n) is 7.30. The normalized spacial score (nSPS) is 14.7. The van der Waals surface area contributed by atoms with Crippen LogP contribution in [0.5, 0.6) is 0 Å². The predicted octanol–water partition coefficient (Wildman–Crippen LogP) is 5.36. The van der Waals surface area contributed by atoms with Crippen LogP contribution >= 0.6 is 0 Å². The minimum absolute atomic E-state index is 0.132. The Morgan fingerprint density at radius 2 is 1.62 bits per heavy atom. The standard InChI is InChI=1S/C23H30O3/c1-15(2)21(20-14-16(3)12-13-17(20)4)18(5)26-23(24)22(25-6)19-10-8-7-9-11-19/h7-15,18,21-22H,1-6H3/t18-,21-,22-/m0/s1. The van der Waals surface area contributed by atoms with Gasteiger partial charge in [0.1, 0.15) is 6.10 Å². The molecule has 0 aliphatic heterocycles. The number of hydrogen-bond acceptors (Lipinski definition) is 3. The molecular weight excluding hydrogens is 324 g/mol. The fourth-order valence-electron chi connectivity index (χ4n) is 3.59. The van der Waals surface area contributed by atoms with Gasteiger partial charge in [0.25, 0.3) is 0 Å². The zero-order chi connectivity index (χ0) is 19.3. The molecule has 0 amide bonds. The Kier molecular flexibility index (Phi) is 6.98. The van der Waals surface area contributed by atoms with E-state index >= 15 is 0 Å². The molecule has 3 atom stereocenters. The SMILES string of the molecule is CO[C@H](C(=O)O[C@@H](C)[C@@H](c1cc(C)ccc1C)C(C)C)c1ccccc1. The molecule has 26 heavy (non-hydrogen) atoms. The Balaban J connectivity index is 2.23. The van der Waals surface area contributed by atoms with Crippen LogP contribution in [0.2, 0.25) is 0 Å². The van der Waals surface area contributed by atoms with E-state index in [2.05, 4.69) is 45.9 Å². The van der Waals surface area contributed by atoms with Gasteiger partial charge >= 0.3 is 5.97 Å². The van der Waals surface area contributed by atoms with Gasteiger partial charge in [-0.1, -0.05) is 67.9 Å². The highest BCUT2D eigenvalue weighted by Crippen LogP contribution is 2.33. The maximum Gasteiger partial charge on any atom is 0.340 e. The van der Waals surface area contributed by atoms with E-state index in [-0.39, 0.29) is 18.0 Å². The summed E-state index contributed by atoms with van der Waals surface area (Å²) in [7, 11) is 1.54. The molecule has 3 heteroatoms. The van der Waals surface area contributed by atoms with Gasteiger partial charge in [0.05, 0.1) is 0 Å². The Bertz CT molecular complexity index is 721. The van der Waals surface area contributed by atoms with Crippen molar-refractivity contribution in [2.24, 2.45) is 5.92 Å². The van der Waals surface area contributed by atoms with Gasteiger partial charge in [0, 0.05) is 13.0 Å². The van der Waals surface area contributed by atoms with Crippen molar-refractivity contribution in [2.45, 2.75) is 52.7 Å². The van der Waals surface area contributed by atoms with Crippen molar-refractivity contribution in [2.75, 3.05) is 7.11 Å². The largest absolute Gasteiger partial charge is 0.460 e. The van der Waals surface area contributed by atoms with E-state index in [4.69, 9.17) is 9.47 Å². The molecule has 0 saturated heterocycles. The quantitative estimate of drug-likeness (QED) is 0.628. The topological polar surface area (TPSA) is 35.5 Å². The summed E-state index contributed by atoms with van der Waals surface area (Å²) in [4.78, 5) is 12.7. The van der Waals surface area contributed by atoms with Gasteiger partial charge in [-0.25, -0.2) is 4.79 Å². The molecule has 0 bridgehead atoms. The lowest BCUT2D eigenvalue weighted by Crippen LogP contribution is -2.29. The fraction of sp³-hybridized carbons (Fsp3) is 0.435. The van der Waals surface area contributed by atoms with Crippen molar-refractivity contribution in [1.29, 1.82) is 0 Å². The summed E-state index contributed by atoms with van der Waals surface area (Å²) >= 11 is 0. The summed E-state index contributed by atoms with van der Waals surface area (Å²) in [6.45, 7) is 10.5. The number of aryl methyl sites for hydroxylation is 2. The van der Waals surface area contributed by atoms with Crippen LogP contribution < -0.4 is 0 Å². The summed E-state index contributed by atoms with van der Waals surface area (Å²) < 4.78 is 11.3. The highest BCUT2D eigenvalue weighted by Gasteiger charge is 2.30. The summed E-state index contributed by atoms with van der Waals surface area (Å²) in [5.74, 6) is 0.130. The second kappa shape index (κ2) is 9.00. The zero-order valence-corrected chi connectivity index (χ0v) is 16.7. The van der Waals surface area contributed by atoms with Gasteiger partial charge in [-0.2, -0.15) is 0 Å². The molecule has 140 valence electrons. The van der Waals surface area contributed by atoms with Crippen LogP contribution in [0, 0.1) is 19.8 Å². The Morgan fingerprint density at radius 3 is 2.19 bits per heavy atom. The molecule has 0 unspecified atom stereocenters. The number of esters is 1. The molecule has 0 aliphatic carbocycles. The summed E-state index contributed by atoms with van der Waals surface area (Å²) in [5.41, 5.74) is 4.49. The van der Waals surface area contributed by atoms with E-state index < -0.39 is 6.10 Å². The van der Waals surface area contributed by atoms with Crippen molar-refractivity contribution < 1.29 is 14.3 Å². The molecule has 0 radical (unpaired) electrons. The summed E-state index contributed by atoms with van der Waals surface area (Å²) in [5, 5.41) is 0. The number of ether oxygens (including phenoxy) is 2. The first kappa shape index (κ1) is 20.2. The minimum Gasteiger partial charge on any atom is -0.460 e. The van der Waals surface area contributed by atoms with E-state index in [0.29, 0.717) is 5.92 Å². The van der Waals surface area contributed by atoms with Gasteiger partial charge in [0.15, 0.2) is 6.10 Å². The van der Waals surface area contributed by atoms with Crippen molar-refractivity contribution >= 4 is 5.97 Å². The average Bonchev–Trinajstić information content (AvgIpc) is 2.59. The lowest BCUT2D eigenvalue weighted by Gasteiger charge is -2.30. The lowest BCUT2D eigenvalue weighted by molar-refractivity contribution is -0.162. The summed E-state index contributed by atoms with van der Waals surface area (Å²) in [6, 6.07) is 15.9. The number of rotatable bonds is 7. The van der Waals surface area contributed by atoms with Crippen LogP contribution in [0.4, 0.5) is 0 Å². The third-order valence-electron chi connectivity index (χ3n) is 4.87. The van der Waals surface area contributed by atoms with Crippen LogP contribution in [0.1, 0.15) is 55.0 Å². The van der Waals surface area contributed by atoms with Gasteiger partial charge < -0.3 is 9.47 Å². The first-order valence-electron chi connectivity index (χ1n) is 9.20. The van der Waals surface area contributed by atoms with E-state index in [1.165, 1.54) is 23.8 Å². The maximum absolute atomic E-state index is 12.7. The molecular formula is C23H30O3. The minimum atomic E-state index is -0.704.